The molecular weight excluding hydrogens is 220 g/mol. The fourth-order valence-corrected chi connectivity index (χ4v) is 1.75. The highest BCUT2D eigenvalue weighted by Crippen LogP contribution is 2.30. The highest BCUT2D eigenvalue weighted by Gasteiger charge is 2.25. The van der Waals surface area contributed by atoms with Gasteiger partial charge in [-0.05, 0) is 17.7 Å². The van der Waals surface area contributed by atoms with E-state index in [9.17, 15) is 0 Å². The third-order valence-corrected chi connectivity index (χ3v) is 2.92. The maximum Gasteiger partial charge on any atom is 0.161 e. The lowest BCUT2D eigenvalue weighted by Crippen LogP contribution is -2.05. The average molecular weight is 236 g/mol. The number of hydrogen-bond donors (Lipinski definition) is 0. The fraction of sp³-hybridized carbons (Fsp3) is 0.538. The van der Waals surface area contributed by atoms with E-state index in [4.69, 9.17) is 18.9 Å². The molecular formula is C13H16O4. The minimum Gasteiger partial charge on any atom is -0.493 e. The second-order valence-electron chi connectivity index (χ2n) is 4.41. The van der Waals surface area contributed by atoms with E-state index in [2.05, 4.69) is 6.07 Å². The summed E-state index contributed by atoms with van der Waals surface area (Å²) >= 11 is 0. The molecule has 0 saturated carbocycles. The number of hydrogen-bond acceptors (Lipinski definition) is 4. The smallest absolute Gasteiger partial charge is 0.161 e. The third kappa shape index (κ3) is 2.90. The molecule has 2 atom stereocenters. The van der Waals surface area contributed by atoms with Crippen LogP contribution in [0.15, 0.2) is 18.2 Å². The summed E-state index contributed by atoms with van der Waals surface area (Å²) in [6, 6.07) is 6.04. The minimum absolute atomic E-state index is 0.263. The third-order valence-electron chi connectivity index (χ3n) is 2.92. The van der Waals surface area contributed by atoms with E-state index in [-0.39, 0.29) is 6.10 Å². The lowest BCUT2D eigenvalue weighted by molar-refractivity contribution is 0.252. The van der Waals surface area contributed by atoms with Crippen LogP contribution in [-0.4, -0.2) is 39.1 Å². The molecule has 2 fully saturated rings. The van der Waals surface area contributed by atoms with Gasteiger partial charge in [0.05, 0.1) is 26.4 Å². The molecule has 1 aromatic carbocycles. The van der Waals surface area contributed by atoms with Crippen LogP contribution in [0.2, 0.25) is 0 Å². The molecule has 0 amide bonds. The summed E-state index contributed by atoms with van der Waals surface area (Å²) in [5.41, 5.74) is 1.22. The summed E-state index contributed by atoms with van der Waals surface area (Å²) in [6.07, 6.45) is 1.60. The van der Waals surface area contributed by atoms with Gasteiger partial charge in [-0.1, -0.05) is 6.07 Å². The molecule has 0 aromatic heterocycles. The van der Waals surface area contributed by atoms with E-state index < -0.39 is 0 Å². The van der Waals surface area contributed by atoms with Crippen LogP contribution in [0.4, 0.5) is 0 Å². The fourth-order valence-electron chi connectivity index (χ4n) is 1.75. The maximum atomic E-state index is 5.65. The largest absolute Gasteiger partial charge is 0.493 e. The van der Waals surface area contributed by atoms with Gasteiger partial charge in [-0.25, -0.2) is 0 Å². The van der Waals surface area contributed by atoms with Crippen LogP contribution >= 0.6 is 0 Å². The molecule has 2 aliphatic rings. The summed E-state index contributed by atoms with van der Waals surface area (Å²) < 4.78 is 21.3. The van der Waals surface area contributed by atoms with Crippen molar-refractivity contribution in [2.45, 2.75) is 18.6 Å². The van der Waals surface area contributed by atoms with Crippen molar-refractivity contribution < 1.29 is 18.9 Å². The number of ether oxygens (including phenoxy) is 4. The van der Waals surface area contributed by atoms with Crippen molar-refractivity contribution in [1.29, 1.82) is 0 Å². The van der Waals surface area contributed by atoms with Gasteiger partial charge in [-0.2, -0.15) is 0 Å². The van der Waals surface area contributed by atoms with Crippen LogP contribution in [0, 0.1) is 0 Å². The van der Waals surface area contributed by atoms with Gasteiger partial charge in [0.25, 0.3) is 0 Å². The Hall–Kier alpha value is -1.26. The Bertz CT molecular complexity index is 396. The first-order valence-electron chi connectivity index (χ1n) is 5.88. The Morgan fingerprint density at radius 3 is 2.59 bits per heavy atom. The summed E-state index contributed by atoms with van der Waals surface area (Å²) in [4.78, 5) is 0. The Balaban J connectivity index is 1.67. The first-order chi connectivity index (χ1) is 8.35. The Kier molecular flexibility index (Phi) is 2.91. The zero-order chi connectivity index (χ0) is 11.7. The standard InChI is InChI=1S/C13H16O4/c1-14-13-5-9(4-10-6-15-10)2-3-12(13)17-8-11-7-16-11/h2-3,5,10-11H,4,6-8H2,1H3/t10-,11-/m0/s1. The predicted molar refractivity (Wildman–Crippen MR) is 61.7 cm³/mol. The molecule has 2 saturated heterocycles. The van der Waals surface area contributed by atoms with Crippen LogP contribution in [0.25, 0.3) is 0 Å². The maximum absolute atomic E-state index is 5.65. The highest BCUT2D eigenvalue weighted by atomic mass is 16.6. The van der Waals surface area contributed by atoms with Crippen molar-refractivity contribution >= 4 is 0 Å². The van der Waals surface area contributed by atoms with Crippen LogP contribution in [-0.2, 0) is 15.9 Å². The van der Waals surface area contributed by atoms with E-state index in [0.29, 0.717) is 12.7 Å². The summed E-state index contributed by atoms with van der Waals surface area (Å²) in [5, 5.41) is 0. The predicted octanol–water partition coefficient (Wildman–Crippen LogP) is 1.41. The zero-order valence-corrected chi connectivity index (χ0v) is 9.85. The number of epoxide rings is 2. The van der Waals surface area contributed by atoms with Gasteiger partial charge in [0, 0.05) is 6.42 Å². The lowest BCUT2D eigenvalue weighted by Gasteiger charge is -2.11. The molecule has 0 N–H and O–H groups in total. The van der Waals surface area contributed by atoms with E-state index in [0.717, 1.165) is 31.1 Å². The van der Waals surface area contributed by atoms with Crippen molar-refractivity contribution in [1.82, 2.24) is 0 Å². The average Bonchev–Trinajstić information content (AvgIpc) is 3.21. The highest BCUT2D eigenvalue weighted by molar-refractivity contribution is 5.43. The topological polar surface area (TPSA) is 43.5 Å². The van der Waals surface area contributed by atoms with Gasteiger partial charge in [0.15, 0.2) is 11.5 Å². The van der Waals surface area contributed by atoms with Crippen molar-refractivity contribution in [3.63, 3.8) is 0 Å². The van der Waals surface area contributed by atoms with Crippen LogP contribution in [0.5, 0.6) is 11.5 Å². The molecule has 0 aliphatic carbocycles. The second-order valence-corrected chi connectivity index (χ2v) is 4.41. The molecule has 17 heavy (non-hydrogen) atoms. The number of rotatable bonds is 6. The Labute approximate surface area is 100 Å². The van der Waals surface area contributed by atoms with Crippen molar-refractivity contribution in [2.75, 3.05) is 26.9 Å². The molecule has 2 aliphatic heterocycles. The van der Waals surface area contributed by atoms with Gasteiger partial charge < -0.3 is 18.9 Å². The molecule has 0 radical (unpaired) electrons. The molecule has 2 heterocycles. The second kappa shape index (κ2) is 4.55. The molecule has 3 rings (SSSR count). The summed E-state index contributed by atoms with van der Waals surface area (Å²) in [6.45, 7) is 2.28. The monoisotopic (exact) mass is 236 g/mol. The number of methoxy groups -OCH3 is 1. The molecule has 1 aromatic rings. The SMILES string of the molecule is COc1cc(C[C@H]2CO2)ccc1OC[C@@H]1CO1. The molecule has 92 valence electrons. The molecule has 0 bridgehead atoms. The molecule has 0 unspecified atom stereocenters. The molecule has 4 heteroatoms. The van der Waals surface area contributed by atoms with Crippen LogP contribution in [0.1, 0.15) is 5.56 Å². The quantitative estimate of drug-likeness (QED) is 0.700. The van der Waals surface area contributed by atoms with Gasteiger partial charge in [-0.3, -0.25) is 0 Å². The first-order valence-corrected chi connectivity index (χ1v) is 5.88. The van der Waals surface area contributed by atoms with E-state index >= 15 is 0 Å². The molecule has 4 nitrogen and oxygen atoms in total. The zero-order valence-electron chi connectivity index (χ0n) is 9.85. The van der Waals surface area contributed by atoms with E-state index in [1.165, 1.54) is 5.56 Å². The van der Waals surface area contributed by atoms with Crippen molar-refractivity contribution in [3.8, 4) is 11.5 Å². The van der Waals surface area contributed by atoms with Gasteiger partial charge in [0.1, 0.15) is 12.7 Å². The normalized spacial score (nSPS) is 25.5. The number of benzene rings is 1. The van der Waals surface area contributed by atoms with Crippen LogP contribution in [0.3, 0.4) is 0 Å². The van der Waals surface area contributed by atoms with Crippen molar-refractivity contribution in [2.24, 2.45) is 0 Å². The lowest BCUT2D eigenvalue weighted by atomic mass is 10.1. The first kappa shape index (κ1) is 10.9. The Morgan fingerprint density at radius 1 is 1.18 bits per heavy atom. The van der Waals surface area contributed by atoms with Gasteiger partial charge in [0.2, 0.25) is 0 Å². The van der Waals surface area contributed by atoms with E-state index in [1.54, 1.807) is 7.11 Å². The summed E-state index contributed by atoms with van der Waals surface area (Å²) in [7, 11) is 1.66. The Morgan fingerprint density at radius 2 is 1.94 bits per heavy atom. The van der Waals surface area contributed by atoms with Crippen molar-refractivity contribution in [3.05, 3.63) is 23.8 Å². The van der Waals surface area contributed by atoms with Gasteiger partial charge in [-0.15, -0.1) is 0 Å². The van der Waals surface area contributed by atoms with Gasteiger partial charge >= 0.3 is 0 Å². The summed E-state index contributed by atoms with van der Waals surface area (Å²) in [5.74, 6) is 1.56. The van der Waals surface area contributed by atoms with Crippen LogP contribution < -0.4 is 9.47 Å². The minimum atomic E-state index is 0.263. The van der Waals surface area contributed by atoms with E-state index in [1.807, 2.05) is 12.1 Å². The molecule has 0 spiro atoms.